The van der Waals surface area contributed by atoms with E-state index in [1.807, 2.05) is 18.0 Å². The number of nitrogens with one attached hydrogen (secondary N) is 2. The molecule has 5 heterocycles. The van der Waals surface area contributed by atoms with Crippen LogP contribution in [0.2, 0.25) is 0 Å². The van der Waals surface area contributed by atoms with E-state index in [1.165, 1.54) is 38.3 Å². The largest absolute Gasteiger partial charge is 0.383 e. The monoisotopic (exact) mass is 619 g/mol. The van der Waals surface area contributed by atoms with Crippen molar-refractivity contribution in [3.8, 4) is 28.9 Å². The first kappa shape index (κ1) is 28.0. The minimum absolute atomic E-state index is 0.0225. The number of hydrogen-bond donors (Lipinski definition) is 2. The lowest BCUT2D eigenvalue weighted by Crippen LogP contribution is -2.36. The van der Waals surface area contributed by atoms with Gasteiger partial charge in [-0.15, -0.1) is 0 Å². The Hall–Kier alpha value is -6.25. The molecule has 2 unspecified atom stereocenters. The van der Waals surface area contributed by atoms with Crippen LogP contribution in [0.15, 0.2) is 151 Å². The van der Waals surface area contributed by atoms with E-state index < -0.39 is 0 Å². The summed E-state index contributed by atoms with van der Waals surface area (Å²) in [6, 6.07) is 38.2. The zero-order valence-corrected chi connectivity index (χ0v) is 26.6. The Labute approximate surface area is 279 Å². The lowest BCUT2D eigenvalue weighted by atomic mass is 9.95. The molecule has 2 atom stereocenters. The Balaban J connectivity index is 1.25. The molecule has 2 aromatic heterocycles. The molecule has 48 heavy (non-hydrogen) atoms. The molecule has 0 bridgehead atoms. The summed E-state index contributed by atoms with van der Waals surface area (Å²) >= 11 is 0. The lowest BCUT2D eigenvalue weighted by Gasteiger charge is -2.27. The number of benzene rings is 4. The van der Waals surface area contributed by atoms with E-state index in [4.69, 9.17) is 4.98 Å². The molecule has 0 fully saturated rings. The highest BCUT2D eigenvalue weighted by Gasteiger charge is 2.22. The molecule has 0 aliphatic carbocycles. The van der Waals surface area contributed by atoms with Gasteiger partial charge in [-0.2, -0.15) is 0 Å². The van der Waals surface area contributed by atoms with Crippen LogP contribution in [0.3, 0.4) is 0 Å². The van der Waals surface area contributed by atoms with Crippen molar-refractivity contribution in [1.82, 2.24) is 25.1 Å². The number of nitrogens with zero attached hydrogens (tertiary/aromatic N) is 3. The topological polar surface area (TPSA) is 45.1 Å². The number of aromatic nitrogens is 2. The molecule has 0 spiro atoms. The Bertz CT molecular complexity index is 2460. The highest BCUT2D eigenvalue weighted by atomic mass is 15.1. The minimum atomic E-state index is 0.0225. The normalized spacial score (nSPS) is 18.3. The van der Waals surface area contributed by atoms with Gasteiger partial charge < -0.3 is 20.1 Å². The SMILES string of the molecule is CN1C#CC=CC1c1cccc(-c2ccc3c4c5ccccc5c(C5=CC=CC(C6=CC=CCN6)N5)cc4n(-c4ccccc4)c3c2)n1. The average Bonchev–Trinajstić information content (AvgIpc) is 3.49. The summed E-state index contributed by atoms with van der Waals surface area (Å²) in [5, 5.41) is 12.3. The first-order valence-corrected chi connectivity index (χ1v) is 16.4. The van der Waals surface area contributed by atoms with Gasteiger partial charge in [0.15, 0.2) is 0 Å². The molecule has 0 radical (unpaired) electrons. The van der Waals surface area contributed by atoms with E-state index >= 15 is 0 Å². The standard InChI is InChI=1S/C43H33N5/c1-47-26-10-8-22-40(47)39-21-11-18-35(45-39)29-23-24-33-41(27-29)48(30-13-3-2-4-14-30)42-28-34(31-15-5-6-16-32(31)43(33)42)36-19-12-20-38(46-36)37-17-7-9-25-44-37/h2-9,11-24,27-28,38,40,44,46H,25H2,1H3. The number of fused-ring (bicyclic) bond motifs is 5. The highest BCUT2D eigenvalue weighted by Crippen LogP contribution is 2.41. The number of rotatable bonds is 5. The molecular weight excluding hydrogens is 587 g/mol. The Kier molecular flexibility index (Phi) is 6.72. The summed E-state index contributed by atoms with van der Waals surface area (Å²) in [6.45, 7) is 0.841. The number of pyridine rings is 1. The third-order valence-electron chi connectivity index (χ3n) is 9.52. The minimum Gasteiger partial charge on any atom is -0.383 e. The van der Waals surface area contributed by atoms with Gasteiger partial charge in [-0.05, 0) is 71.5 Å². The molecule has 0 saturated heterocycles. The fourth-order valence-corrected chi connectivity index (χ4v) is 7.23. The molecule has 3 aliphatic rings. The zero-order valence-electron chi connectivity index (χ0n) is 26.6. The van der Waals surface area contributed by atoms with Crippen molar-refractivity contribution >= 4 is 38.3 Å². The second-order valence-electron chi connectivity index (χ2n) is 12.4. The number of likely N-dealkylation sites (N-methyl/N-ethyl adjacent to an activating group) is 1. The summed E-state index contributed by atoms with van der Waals surface area (Å²) < 4.78 is 2.41. The van der Waals surface area contributed by atoms with E-state index in [1.54, 1.807) is 0 Å². The third-order valence-corrected chi connectivity index (χ3v) is 9.52. The maximum Gasteiger partial charge on any atom is 0.0978 e. The van der Waals surface area contributed by atoms with Crippen molar-refractivity contribution in [2.24, 2.45) is 0 Å². The molecule has 9 rings (SSSR count). The fourth-order valence-electron chi connectivity index (χ4n) is 7.23. The van der Waals surface area contributed by atoms with Gasteiger partial charge in [0, 0.05) is 58.6 Å². The van der Waals surface area contributed by atoms with Crippen LogP contribution in [0.4, 0.5) is 0 Å². The van der Waals surface area contributed by atoms with Crippen molar-refractivity contribution in [3.63, 3.8) is 0 Å². The first-order chi connectivity index (χ1) is 23.7. The van der Waals surface area contributed by atoms with Crippen LogP contribution in [0.25, 0.3) is 55.2 Å². The Morgan fingerprint density at radius 3 is 2.52 bits per heavy atom. The van der Waals surface area contributed by atoms with Gasteiger partial charge in [0.25, 0.3) is 0 Å². The van der Waals surface area contributed by atoms with Crippen molar-refractivity contribution in [1.29, 1.82) is 0 Å². The van der Waals surface area contributed by atoms with Crippen LogP contribution in [-0.4, -0.2) is 34.1 Å². The number of para-hydroxylation sites is 1. The van der Waals surface area contributed by atoms with Crippen molar-refractivity contribution < 1.29 is 0 Å². The summed E-state index contributed by atoms with van der Waals surface area (Å²) in [5.74, 6) is 3.04. The quantitative estimate of drug-likeness (QED) is 0.190. The van der Waals surface area contributed by atoms with E-state index in [2.05, 4.69) is 167 Å². The van der Waals surface area contributed by atoms with Gasteiger partial charge in [0.1, 0.15) is 0 Å². The second-order valence-corrected chi connectivity index (χ2v) is 12.4. The van der Waals surface area contributed by atoms with Crippen LogP contribution >= 0.6 is 0 Å². The average molecular weight is 620 g/mol. The Morgan fingerprint density at radius 1 is 0.792 bits per heavy atom. The van der Waals surface area contributed by atoms with Crippen LogP contribution in [0, 0.1) is 12.0 Å². The summed E-state index contributed by atoms with van der Waals surface area (Å²) in [4.78, 5) is 7.16. The molecule has 5 heteroatoms. The van der Waals surface area contributed by atoms with Crippen molar-refractivity contribution in [2.75, 3.05) is 13.6 Å². The van der Waals surface area contributed by atoms with E-state index in [0.717, 1.165) is 40.4 Å². The summed E-state index contributed by atoms with van der Waals surface area (Å²) in [5.41, 5.74) is 9.91. The first-order valence-electron chi connectivity index (χ1n) is 16.4. The van der Waals surface area contributed by atoms with E-state index in [9.17, 15) is 0 Å². The van der Waals surface area contributed by atoms with Gasteiger partial charge in [0.2, 0.25) is 0 Å². The lowest BCUT2D eigenvalue weighted by molar-refractivity contribution is 0.408. The molecule has 5 nitrogen and oxygen atoms in total. The predicted molar refractivity (Wildman–Crippen MR) is 198 cm³/mol. The molecule has 0 amide bonds. The fraction of sp³-hybridized carbons (Fsp3) is 0.0930. The highest BCUT2D eigenvalue weighted by molar-refractivity contribution is 6.23. The van der Waals surface area contributed by atoms with E-state index in [-0.39, 0.29) is 12.1 Å². The summed E-state index contributed by atoms with van der Waals surface area (Å²) in [7, 11) is 2.01. The molecule has 4 aromatic carbocycles. The number of hydrogen-bond acceptors (Lipinski definition) is 4. The molecule has 3 aliphatic heterocycles. The van der Waals surface area contributed by atoms with Crippen LogP contribution in [0.5, 0.6) is 0 Å². The van der Waals surface area contributed by atoms with E-state index in [0.29, 0.717) is 0 Å². The second kappa shape index (κ2) is 11.5. The van der Waals surface area contributed by atoms with Crippen LogP contribution in [-0.2, 0) is 0 Å². The maximum atomic E-state index is 5.15. The predicted octanol–water partition coefficient (Wildman–Crippen LogP) is 8.41. The van der Waals surface area contributed by atoms with Gasteiger partial charge in [-0.25, -0.2) is 0 Å². The number of allylic oxidation sites excluding steroid dienone is 5. The molecular formula is C43H33N5. The van der Waals surface area contributed by atoms with Gasteiger partial charge in [-0.3, -0.25) is 4.98 Å². The Morgan fingerprint density at radius 2 is 1.67 bits per heavy atom. The molecule has 0 saturated carbocycles. The van der Waals surface area contributed by atoms with Crippen LogP contribution in [0.1, 0.15) is 17.3 Å². The van der Waals surface area contributed by atoms with Gasteiger partial charge >= 0.3 is 0 Å². The summed E-state index contributed by atoms with van der Waals surface area (Å²) in [6.07, 6.45) is 17.0. The third kappa shape index (κ3) is 4.70. The molecule has 230 valence electrons. The molecule has 6 aromatic rings. The van der Waals surface area contributed by atoms with Gasteiger partial charge in [-0.1, -0.05) is 90.9 Å². The maximum absolute atomic E-state index is 5.15. The smallest absolute Gasteiger partial charge is 0.0978 e. The van der Waals surface area contributed by atoms with Crippen LogP contribution < -0.4 is 10.6 Å². The van der Waals surface area contributed by atoms with Crippen molar-refractivity contribution in [2.45, 2.75) is 12.1 Å². The zero-order chi connectivity index (χ0) is 32.0. The van der Waals surface area contributed by atoms with Gasteiger partial charge in [0.05, 0.1) is 34.5 Å². The number of dihydropyridines is 2. The molecule has 2 N–H and O–H groups in total. The van der Waals surface area contributed by atoms with Crippen molar-refractivity contribution in [3.05, 3.63) is 163 Å².